The zero-order valence-corrected chi connectivity index (χ0v) is 25.3. The van der Waals surface area contributed by atoms with Crippen LogP contribution < -0.4 is 0 Å². The number of hydrogen-bond acceptors (Lipinski definition) is 1. The average molecular weight is 569 g/mol. The van der Waals surface area contributed by atoms with Crippen LogP contribution in [0.5, 0.6) is 0 Å². The van der Waals surface area contributed by atoms with Gasteiger partial charge >= 0.3 is 30.2 Å². The predicted octanol–water partition coefficient (Wildman–Crippen LogP) is 7.99. The van der Waals surface area contributed by atoms with Crippen LogP contribution in [0, 0.1) is 20.9 Å². The Hall–Kier alpha value is -0.353. The normalized spacial score (nSPS) is 11.2. The van der Waals surface area contributed by atoms with Gasteiger partial charge in [0.25, 0.3) is 0 Å². The molecule has 1 aliphatic carbocycles. The first-order chi connectivity index (χ1) is 13.0. The van der Waals surface area contributed by atoms with E-state index in [9.17, 15) is 0 Å². The van der Waals surface area contributed by atoms with Crippen LogP contribution >= 0.6 is 24.8 Å². The number of rotatable bonds is 4. The van der Waals surface area contributed by atoms with E-state index in [1.54, 1.807) is 0 Å². The molecule has 0 aromatic heterocycles. The van der Waals surface area contributed by atoms with E-state index < -0.39 is 8.32 Å². The first-order valence-corrected chi connectivity index (χ1v) is 16.8. The Morgan fingerprint density at radius 2 is 1.42 bits per heavy atom. The van der Waals surface area contributed by atoms with E-state index in [1.165, 1.54) is 50.5 Å². The van der Waals surface area contributed by atoms with Crippen molar-refractivity contribution in [3.8, 4) is 0 Å². The summed E-state index contributed by atoms with van der Waals surface area (Å²) in [4.78, 5) is 0. The van der Waals surface area contributed by atoms with Gasteiger partial charge < -0.3 is 19.3 Å². The monoisotopic (exact) mass is 566 g/mol. The van der Waals surface area contributed by atoms with Gasteiger partial charge in [-0.15, -0.1) is 71.0 Å². The average Bonchev–Trinajstić information content (AvgIpc) is 3.30. The Morgan fingerprint density at radius 3 is 1.84 bits per heavy atom. The molecule has 0 saturated heterocycles. The first kappa shape index (κ1) is 35.2. The van der Waals surface area contributed by atoms with Gasteiger partial charge in [0.15, 0.2) is 8.32 Å². The number of hydrogen-bond donors (Lipinski definition) is 0. The van der Waals surface area contributed by atoms with Crippen molar-refractivity contribution in [2.45, 2.75) is 32.5 Å². The predicted molar refractivity (Wildman–Crippen MR) is 145 cm³/mol. The topological polar surface area (TPSA) is 9.23 Å². The third-order valence-electron chi connectivity index (χ3n) is 4.20. The third kappa shape index (κ3) is 11.9. The van der Waals surface area contributed by atoms with Crippen molar-refractivity contribution in [1.29, 1.82) is 0 Å². The van der Waals surface area contributed by atoms with Crippen LogP contribution in [0.3, 0.4) is 0 Å². The summed E-state index contributed by atoms with van der Waals surface area (Å²) in [7, 11) is -1.29. The third-order valence-corrected chi connectivity index (χ3v) is 5.27. The molecule has 0 unspecified atom stereocenters. The van der Waals surface area contributed by atoms with Crippen LogP contribution in [0.15, 0.2) is 72.3 Å². The molecular formula is C25H34Cl2OSi2Zr-4. The molecule has 1 aliphatic rings. The Labute approximate surface area is 220 Å². The summed E-state index contributed by atoms with van der Waals surface area (Å²) < 4.78 is 5.74. The molecular weight excluding hydrogens is 535 g/mol. The maximum absolute atomic E-state index is 5.74. The van der Waals surface area contributed by atoms with E-state index in [-0.39, 0.29) is 39.7 Å². The van der Waals surface area contributed by atoms with Crippen LogP contribution in [-0.2, 0) is 27.8 Å². The van der Waals surface area contributed by atoms with Crippen molar-refractivity contribution < 1.29 is 27.8 Å². The van der Waals surface area contributed by atoms with E-state index in [1.807, 2.05) is 0 Å². The number of allylic oxidation sites excluding steroid dienone is 3. The number of benzene rings is 2. The van der Waals surface area contributed by atoms with Crippen molar-refractivity contribution in [3.63, 3.8) is 0 Å². The molecule has 0 amide bonds. The fraction of sp³-hybridized carbons (Fsp3) is 0.240. The molecule has 4 rings (SSSR count). The minimum absolute atomic E-state index is 0. The second kappa shape index (κ2) is 18.1. The minimum Gasteiger partial charge on any atom is -0.126 e. The molecule has 2 radical (unpaired) electrons. The van der Waals surface area contributed by atoms with Gasteiger partial charge in [0, 0.05) is 6.61 Å². The van der Waals surface area contributed by atoms with Crippen LogP contribution in [0.4, 0.5) is 0 Å². The molecule has 0 heterocycles. The molecule has 0 spiro atoms. The van der Waals surface area contributed by atoms with E-state index in [0.29, 0.717) is 0 Å². The van der Waals surface area contributed by atoms with Gasteiger partial charge in [-0.3, -0.25) is 6.08 Å². The van der Waals surface area contributed by atoms with Crippen molar-refractivity contribution in [3.05, 3.63) is 93.3 Å². The Kier molecular flexibility index (Phi) is 20.6. The van der Waals surface area contributed by atoms with Gasteiger partial charge in [-0.25, -0.2) is 11.6 Å². The Morgan fingerprint density at radius 1 is 0.935 bits per heavy atom. The number of fused-ring (bicyclic) bond motifs is 3. The van der Waals surface area contributed by atoms with E-state index in [4.69, 9.17) is 4.43 Å². The Balaban J connectivity index is -0.000000420. The largest absolute Gasteiger partial charge is 0.126 e. The van der Waals surface area contributed by atoms with Gasteiger partial charge in [-0.05, 0) is 26.1 Å². The molecule has 0 atom stereocenters. The standard InChI is InChI=1S/C13H9.C10H17OSi.2CH3.2ClH.Si.Zr/c1-3-7-12-10(5-1)9-11-6-2-4-8-13(11)12;1-12(2,3)11-9-8-10-6-4-5-7-10;;;;;;/h1-9H;4,6H,5,8-9H2,1-3H3;2*1H3;2*1H;;/q4*-1;;;;. The fourth-order valence-corrected chi connectivity index (χ4v) is 3.71. The SMILES string of the molecule is C[Si](C)(C)OCCC1=[C-]CC=C1.Cl.Cl.[CH3-].[CH3-].[Si]=[Zr].c1ccc2c(c1)[cH-]c1ccccc12. The minimum atomic E-state index is -1.29. The molecule has 0 bridgehead atoms. The van der Waals surface area contributed by atoms with Crippen LogP contribution in [0.25, 0.3) is 21.5 Å². The van der Waals surface area contributed by atoms with Crippen molar-refractivity contribution in [1.82, 2.24) is 0 Å². The van der Waals surface area contributed by atoms with Gasteiger partial charge in [-0.2, -0.15) is 6.08 Å². The molecule has 0 saturated carbocycles. The summed E-state index contributed by atoms with van der Waals surface area (Å²) in [5.41, 5.74) is 1.31. The maximum atomic E-state index is 5.74. The molecule has 0 fully saturated rings. The quantitative estimate of drug-likeness (QED) is 0.229. The number of halogens is 2. The van der Waals surface area contributed by atoms with Crippen molar-refractivity contribution >= 4 is 61.6 Å². The first-order valence-electron chi connectivity index (χ1n) is 9.21. The molecule has 31 heavy (non-hydrogen) atoms. The van der Waals surface area contributed by atoms with Crippen LogP contribution in [0.2, 0.25) is 19.6 Å². The molecule has 3 aromatic carbocycles. The molecule has 1 nitrogen and oxygen atoms in total. The zero-order valence-electron chi connectivity index (χ0n) is 19.2. The fourth-order valence-electron chi connectivity index (χ4n) is 2.99. The summed E-state index contributed by atoms with van der Waals surface area (Å²) in [6.45, 7) is 10.6. The summed E-state index contributed by atoms with van der Waals surface area (Å²) in [5.74, 6) is 0. The molecule has 170 valence electrons. The van der Waals surface area contributed by atoms with Gasteiger partial charge in [0.2, 0.25) is 0 Å². The molecule has 6 heteroatoms. The molecule has 3 aromatic rings. The van der Waals surface area contributed by atoms with E-state index in [0.717, 1.165) is 19.4 Å². The van der Waals surface area contributed by atoms with Gasteiger partial charge in [0.1, 0.15) is 0 Å². The van der Waals surface area contributed by atoms with Crippen molar-refractivity contribution in [2.24, 2.45) is 0 Å². The Bertz CT molecular complexity index is 880. The van der Waals surface area contributed by atoms with Crippen LogP contribution in [0.1, 0.15) is 12.8 Å². The summed E-state index contributed by atoms with van der Waals surface area (Å²) in [6, 6.07) is 19.3. The molecule has 0 aliphatic heterocycles. The maximum Gasteiger partial charge on any atom is -0.0771 e. The summed E-state index contributed by atoms with van der Waals surface area (Å²) >= 11 is 1.36. The summed E-state index contributed by atoms with van der Waals surface area (Å²) in [6.07, 6.45) is 9.59. The second-order valence-corrected chi connectivity index (χ2v) is 11.9. The smallest absolute Gasteiger partial charge is 0.0771 e. The summed E-state index contributed by atoms with van der Waals surface area (Å²) in [5, 5.41) is 5.39. The zero-order chi connectivity index (χ0) is 19.7. The van der Waals surface area contributed by atoms with Crippen LogP contribution in [-0.4, -0.2) is 21.8 Å². The van der Waals surface area contributed by atoms with Gasteiger partial charge in [0.05, 0.1) is 0 Å². The van der Waals surface area contributed by atoms with E-state index >= 15 is 0 Å². The second-order valence-electron chi connectivity index (χ2n) is 7.34. The molecule has 0 N–H and O–H groups in total. The van der Waals surface area contributed by atoms with E-state index in [2.05, 4.69) is 99.3 Å². The van der Waals surface area contributed by atoms with Crippen molar-refractivity contribution in [2.75, 3.05) is 6.61 Å². The van der Waals surface area contributed by atoms with Gasteiger partial charge in [-0.1, -0.05) is 36.4 Å².